The molecule has 1 atom stereocenters. The summed E-state index contributed by atoms with van der Waals surface area (Å²) in [6.45, 7) is 0. The van der Waals surface area contributed by atoms with E-state index in [0.717, 1.165) is 30.3 Å². The van der Waals surface area contributed by atoms with E-state index in [1.54, 1.807) is 7.05 Å². The van der Waals surface area contributed by atoms with Crippen molar-refractivity contribution in [3.63, 3.8) is 0 Å². The van der Waals surface area contributed by atoms with Gasteiger partial charge < -0.3 is 15.2 Å². The van der Waals surface area contributed by atoms with E-state index in [1.165, 1.54) is 16.2 Å². The average molecular weight is 389 g/mol. The van der Waals surface area contributed by atoms with E-state index in [4.69, 9.17) is 5.11 Å². The Morgan fingerprint density at radius 1 is 1.18 bits per heavy atom. The highest BCUT2D eigenvalue weighted by Crippen LogP contribution is 2.21. The number of carboxylic acids is 1. The normalized spacial score (nSPS) is 12.1. The zero-order valence-corrected chi connectivity index (χ0v) is 16.3. The van der Waals surface area contributed by atoms with Gasteiger partial charge in [0.05, 0.1) is 17.1 Å². The van der Waals surface area contributed by atoms with Crippen LogP contribution in [0.2, 0.25) is 0 Å². The van der Waals surface area contributed by atoms with E-state index in [1.807, 2.05) is 18.2 Å². The highest BCUT2D eigenvalue weighted by molar-refractivity contribution is 5.79. The Hall–Kier alpha value is -2.90. The maximum Gasteiger partial charge on any atom is 0.329 e. The summed E-state index contributed by atoms with van der Waals surface area (Å²) in [4.78, 5) is 46.3. The molecule has 1 heterocycles. The molecule has 8 nitrogen and oxygen atoms in total. The van der Waals surface area contributed by atoms with Gasteiger partial charge in [0.2, 0.25) is 5.91 Å². The van der Waals surface area contributed by atoms with Crippen molar-refractivity contribution in [3.05, 3.63) is 34.2 Å². The molecular formula is C20H27N3O5. The van der Waals surface area contributed by atoms with Crippen LogP contribution in [-0.2, 0) is 27.9 Å². The van der Waals surface area contributed by atoms with Crippen LogP contribution >= 0.6 is 0 Å². The minimum absolute atomic E-state index is 0.164. The summed E-state index contributed by atoms with van der Waals surface area (Å²) >= 11 is 0. The van der Waals surface area contributed by atoms with Crippen LogP contribution in [0.5, 0.6) is 0 Å². The number of carbonyl (C=O) groups is 3. The number of amides is 1. The molecule has 1 unspecified atom stereocenters. The number of unbranched alkanes of at least 4 members (excludes halogenated alkanes) is 2. The Balaban J connectivity index is 2.19. The Kier molecular flexibility index (Phi) is 7.54. The molecule has 28 heavy (non-hydrogen) atoms. The molecule has 0 aliphatic rings. The van der Waals surface area contributed by atoms with Crippen molar-refractivity contribution in [3.8, 4) is 0 Å². The van der Waals surface area contributed by atoms with Gasteiger partial charge in [-0.3, -0.25) is 18.7 Å². The van der Waals surface area contributed by atoms with Crippen LogP contribution < -0.4 is 11.0 Å². The highest BCUT2D eigenvalue weighted by Gasteiger charge is 2.20. The number of imidazole rings is 1. The molecule has 0 aliphatic carbocycles. The molecule has 0 spiro atoms. The van der Waals surface area contributed by atoms with E-state index in [-0.39, 0.29) is 30.9 Å². The Morgan fingerprint density at radius 2 is 1.93 bits per heavy atom. The van der Waals surface area contributed by atoms with Crippen LogP contribution in [0.3, 0.4) is 0 Å². The van der Waals surface area contributed by atoms with Crippen LogP contribution in [0.4, 0.5) is 0 Å². The van der Waals surface area contributed by atoms with Crippen molar-refractivity contribution in [1.29, 1.82) is 0 Å². The fraction of sp³-hybridized carbons (Fsp3) is 0.500. The lowest BCUT2D eigenvalue weighted by Crippen LogP contribution is -2.28. The standard InChI is InChI=1S/C20H27N3O5/c1-21-18(25)11-9-15(13-24)23-16-10-8-14(6-4-3-5-7-19(26)27)12-17(16)22(2)20(23)28/h8,10,12-13,15H,3-7,9,11H2,1-2H3,(H,21,25)(H,26,27). The second-order valence-electron chi connectivity index (χ2n) is 6.90. The molecule has 2 N–H and O–H groups in total. The van der Waals surface area contributed by atoms with Crippen LogP contribution in [0.1, 0.15) is 50.1 Å². The summed E-state index contributed by atoms with van der Waals surface area (Å²) in [6, 6.07) is 5.00. The lowest BCUT2D eigenvalue weighted by Gasteiger charge is -2.12. The molecule has 152 valence electrons. The Morgan fingerprint density at radius 3 is 2.57 bits per heavy atom. The number of nitrogens with zero attached hydrogens (tertiary/aromatic N) is 2. The third kappa shape index (κ3) is 5.09. The number of fused-ring (bicyclic) bond motifs is 1. The average Bonchev–Trinajstić information content (AvgIpc) is 2.92. The van der Waals surface area contributed by atoms with Gasteiger partial charge in [-0.05, 0) is 43.4 Å². The van der Waals surface area contributed by atoms with E-state index >= 15 is 0 Å². The van der Waals surface area contributed by atoms with Gasteiger partial charge in [-0.2, -0.15) is 0 Å². The van der Waals surface area contributed by atoms with Crippen LogP contribution in [0.15, 0.2) is 23.0 Å². The van der Waals surface area contributed by atoms with Crippen LogP contribution in [0.25, 0.3) is 11.0 Å². The summed E-state index contributed by atoms with van der Waals surface area (Å²) in [5.41, 5.74) is 2.17. The molecule has 0 saturated carbocycles. The molecule has 8 heteroatoms. The number of carboxylic acid groups (broad SMARTS) is 1. The summed E-state index contributed by atoms with van der Waals surface area (Å²) in [5, 5.41) is 11.2. The molecule has 0 saturated heterocycles. The van der Waals surface area contributed by atoms with Crippen molar-refractivity contribution in [2.75, 3.05) is 7.05 Å². The maximum atomic E-state index is 12.7. The first-order valence-corrected chi connectivity index (χ1v) is 9.46. The molecule has 1 aromatic heterocycles. The van der Waals surface area contributed by atoms with Crippen molar-refractivity contribution in [2.45, 2.75) is 51.0 Å². The fourth-order valence-electron chi connectivity index (χ4n) is 3.33. The van der Waals surface area contributed by atoms with Crippen molar-refractivity contribution < 1.29 is 19.5 Å². The molecule has 0 radical (unpaired) electrons. The number of carbonyl (C=O) groups excluding carboxylic acids is 2. The molecule has 1 aromatic carbocycles. The number of aromatic nitrogens is 2. The van der Waals surface area contributed by atoms with Gasteiger partial charge in [0.25, 0.3) is 0 Å². The van der Waals surface area contributed by atoms with Gasteiger partial charge in [0.15, 0.2) is 0 Å². The first-order valence-electron chi connectivity index (χ1n) is 9.46. The maximum absolute atomic E-state index is 12.7. The minimum atomic E-state index is -0.779. The number of hydrogen-bond donors (Lipinski definition) is 2. The SMILES string of the molecule is CNC(=O)CCC(C=O)n1c(=O)n(C)c2cc(CCCCCC(=O)O)ccc21. The molecular weight excluding hydrogens is 362 g/mol. The topological polar surface area (TPSA) is 110 Å². The van der Waals surface area contributed by atoms with Crippen molar-refractivity contribution in [1.82, 2.24) is 14.5 Å². The first-order chi connectivity index (χ1) is 13.4. The highest BCUT2D eigenvalue weighted by atomic mass is 16.4. The monoisotopic (exact) mass is 389 g/mol. The number of nitrogens with one attached hydrogen (secondary N) is 1. The summed E-state index contributed by atoms with van der Waals surface area (Å²) < 4.78 is 2.96. The van der Waals surface area contributed by atoms with Gasteiger partial charge in [0.1, 0.15) is 6.29 Å². The molecule has 2 rings (SSSR count). The van der Waals surface area contributed by atoms with E-state index in [0.29, 0.717) is 18.2 Å². The van der Waals surface area contributed by atoms with Gasteiger partial charge in [0, 0.05) is 26.9 Å². The Labute approximate surface area is 163 Å². The number of aliphatic carboxylic acids is 1. The summed E-state index contributed by atoms with van der Waals surface area (Å²) in [7, 11) is 3.20. The third-order valence-corrected chi connectivity index (χ3v) is 4.94. The van der Waals surface area contributed by atoms with Gasteiger partial charge in [-0.15, -0.1) is 0 Å². The Bertz CT molecular complexity index is 912. The second-order valence-corrected chi connectivity index (χ2v) is 6.90. The fourth-order valence-corrected chi connectivity index (χ4v) is 3.33. The van der Waals surface area contributed by atoms with E-state index < -0.39 is 12.0 Å². The van der Waals surface area contributed by atoms with Crippen LogP contribution in [-0.4, -0.2) is 39.5 Å². The molecule has 0 fully saturated rings. The van der Waals surface area contributed by atoms with Gasteiger partial charge in [-0.1, -0.05) is 12.5 Å². The number of hydrogen-bond acceptors (Lipinski definition) is 4. The molecule has 0 bridgehead atoms. The second kappa shape index (κ2) is 9.87. The largest absolute Gasteiger partial charge is 0.481 e. The predicted molar refractivity (Wildman–Crippen MR) is 105 cm³/mol. The summed E-state index contributed by atoms with van der Waals surface area (Å²) in [5.74, 6) is -0.954. The lowest BCUT2D eigenvalue weighted by molar-refractivity contribution is -0.137. The number of aldehydes is 1. The lowest BCUT2D eigenvalue weighted by atomic mass is 10.1. The smallest absolute Gasteiger partial charge is 0.329 e. The van der Waals surface area contributed by atoms with E-state index in [2.05, 4.69) is 5.32 Å². The quantitative estimate of drug-likeness (QED) is 0.450. The van der Waals surface area contributed by atoms with E-state index in [9.17, 15) is 19.2 Å². The number of rotatable bonds is 11. The molecule has 1 amide bonds. The minimum Gasteiger partial charge on any atom is -0.481 e. The van der Waals surface area contributed by atoms with Gasteiger partial charge >= 0.3 is 11.7 Å². The van der Waals surface area contributed by atoms with Crippen molar-refractivity contribution >= 4 is 29.2 Å². The predicted octanol–water partition coefficient (Wildman–Crippen LogP) is 1.79. The first kappa shape index (κ1) is 21.4. The van der Waals surface area contributed by atoms with Crippen LogP contribution in [0, 0.1) is 0 Å². The summed E-state index contributed by atoms with van der Waals surface area (Å²) in [6.07, 6.45) is 4.46. The molecule has 0 aliphatic heterocycles. The van der Waals surface area contributed by atoms with Gasteiger partial charge in [-0.25, -0.2) is 4.79 Å². The molecule has 2 aromatic rings. The third-order valence-electron chi connectivity index (χ3n) is 4.94. The zero-order valence-electron chi connectivity index (χ0n) is 16.3. The zero-order chi connectivity index (χ0) is 20.7. The number of benzene rings is 1. The van der Waals surface area contributed by atoms with Crippen molar-refractivity contribution in [2.24, 2.45) is 7.05 Å². The number of aryl methyl sites for hydroxylation is 2.